The van der Waals surface area contributed by atoms with Crippen LogP contribution in [0.5, 0.6) is 5.75 Å². The monoisotopic (exact) mass is 469 g/mol. The van der Waals surface area contributed by atoms with E-state index in [-0.39, 0.29) is 17.2 Å². The van der Waals surface area contributed by atoms with Crippen LogP contribution in [0.4, 0.5) is 5.95 Å². The van der Waals surface area contributed by atoms with Crippen molar-refractivity contribution < 1.29 is 4.74 Å². The van der Waals surface area contributed by atoms with E-state index in [1.165, 1.54) is 6.21 Å². The lowest BCUT2D eigenvalue weighted by molar-refractivity contribution is 0.305. The molecule has 0 atom stereocenters. The van der Waals surface area contributed by atoms with Gasteiger partial charge in [0.1, 0.15) is 24.0 Å². The van der Waals surface area contributed by atoms with E-state index in [1.54, 1.807) is 30.3 Å². The third-order valence-corrected chi connectivity index (χ3v) is 5.14. The van der Waals surface area contributed by atoms with E-state index < -0.39 is 5.56 Å². The van der Waals surface area contributed by atoms with Gasteiger partial charge in [-0.2, -0.15) is 10.4 Å². The Hall–Kier alpha value is -4.41. The summed E-state index contributed by atoms with van der Waals surface area (Å²) in [5.74, 6) is 0.700. The van der Waals surface area contributed by atoms with E-state index in [1.807, 2.05) is 49.4 Å². The normalized spacial score (nSPS) is 10.7. The van der Waals surface area contributed by atoms with Crippen molar-refractivity contribution in [1.29, 1.82) is 5.26 Å². The zero-order chi connectivity index (χ0) is 23.9. The maximum absolute atomic E-state index is 12.4. The molecule has 0 radical (unpaired) electrons. The first kappa shape index (κ1) is 22.8. The van der Waals surface area contributed by atoms with Crippen LogP contribution < -0.4 is 15.7 Å². The summed E-state index contributed by atoms with van der Waals surface area (Å²) in [4.78, 5) is 19.3. The molecular weight excluding hydrogens is 450 g/mol. The molecule has 0 unspecified atom stereocenters. The van der Waals surface area contributed by atoms with Crippen molar-refractivity contribution in [1.82, 2.24) is 9.97 Å². The van der Waals surface area contributed by atoms with Crippen molar-refractivity contribution in [3.05, 3.63) is 110 Å². The molecular formula is C26H20ClN5O2. The maximum atomic E-state index is 12.4. The lowest BCUT2D eigenvalue weighted by Crippen LogP contribution is -2.16. The van der Waals surface area contributed by atoms with Gasteiger partial charge in [-0.05, 0) is 30.7 Å². The Morgan fingerprint density at radius 2 is 1.97 bits per heavy atom. The van der Waals surface area contributed by atoms with Gasteiger partial charge < -0.3 is 4.74 Å². The summed E-state index contributed by atoms with van der Waals surface area (Å²) < 4.78 is 5.98. The number of H-pyrrole nitrogens is 1. The Bertz CT molecular complexity index is 1440. The Labute approximate surface area is 201 Å². The average Bonchev–Trinajstić information content (AvgIpc) is 2.84. The molecule has 1 heterocycles. The molecule has 34 heavy (non-hydrogen) atoms. The van der Waals surface area contributed by atoms with Crippen molar-refractivity contribution in [2.24, 2.45) is 5.10 Å². The third kappa shape index (κ3) is 5.49. The van der Waals surface area contributed by atoms with Crippen molar-refractivity contribution >= 4 is 23.8 Å². The molecule has 0 amide bonds. The van der Waals surface area contributed by atoms with Crippen molar-refractivity contribution in [3.8, 4) is 23.1 Å². The number of benzene rings is 3. The average molecular weight is 470 g/mol. The Balaban J connectivity index is 1.56. The zero-order valence-electron chi connectivity index (χ0n) is 18.2. The Morgan fingerprint density at radius 3 is 2.74 bits per heavy atom. The van der Waals surface area contributed by atoms with Crippen LogP contribution in [-0.2, 0) is 6.61 Å². The molecule has 2 N–H and O–H groups in total. The number of hydrogen-bond donors (Lipinski definition) is 2. The van der Waals surface area contributed by atoms with Gasteiger partial charge in [-0.1, -0.05) is 71.8 Å². The van der Waals surface area contributed by atoms with Crippen LogP contribution in [0.1, 0.15) is 22.3 Å². The first-order valence-electron chi connectivity index (χ1n) is 10.4. The van der Waals surface area contributed by atoms with Crippen molar-refractivity contribution in [2.45, 2.75) is 13.5 Å². The van der Waals surface area contributed by atoms with Crippen LogP contribution in [0.15, 0.2) is 82.7 Å². The van der Waals surface area contributed by atoms with E-state index in [0.717, 1.165) is 11.1 Å². The lowest BCUT2D eigenvalue weighted by Gasteiger charge is -2.10. The number of aryl methyl sites for hydroxylation is 1. The molecule has 7 nitrogen and oxygen atoms in total. The third-order valence-electron chi connectivity index (χ3n) is 4.90. The number of aromatic amines is 1. The molecule has 3 aromatic carbocycles. The van der Waals surface area contributed by atoms with Gasteiger partial charge in [-0.15, -0.1) is 0 Å². The Kier molecular flexibility index (Phi) is 7.01. The van der Waals surface area contributed by atoms with Crippen LogP contribution in [0, 0.1) is 18.3 Å². The van der Waals surface area contributed by atoms with E-state index in [9.17, 15) is 10.1 Å². The van der Waals surface area contributed by atoms with Crippen molar-refractivity contribution in [3.63, 3.8) is 0 Å². The van der Waals surface area contributed by atoms with Gasteiger partial charge in [0.2, 0.25) is 5.95 Å². The number of hydrogen-bond acceptors (Lipinski definition) is 6. The SMILES string of the molecule is Cc1cccc(COc2ccc(Cl)cc2C=NNc2nc(-c3ccccc3)c(C#N)c(=O)[nH]2)c1. The highest BCUT2D eigenvalue weighted by Gasteiger charge is 2.13. The highest BCUT2D eigenvalue weighted by Crippen LogP contribution is 2.23. The smallest absolute Gasteiger partial charge is 0.270 e. The lowest BCUT2D eigenvalue weighted by atomic mass is 10.1. The van der Waals surface area contributed by atoms with Crippen LogP contribution in [0.25, 0.3) is 11.3 Å². The number of nitrogens with zero attached hydrogens (tertiary/aromatic N) is 3. The van der Waals surface area contributed by atoms with E-state index in [4.69, 9.17) is 16.3 Å². The molecule has 0 aliphatic rings. The molecule has 0 bridgehead atoms. The second-order valence-electron chi connectivity index (χ2n) is 7.45. The summed E-state index contributed by atoms with van der Waals surface area (Å²) in [7, 11) is 0. The summed E-state index contributed by atoms with van der Waals surface area (Å²) >= 11 is 6.17. The van der Waals surface area contributed by atoms with Gasteiger partial charge >= 0.3 is 0 Å². The molecule has 0 saturated carbocycles. The van der Waals surface area contributed by atoms with E-state index in [0.29, 0.717) is 28.5 Å². The fraction of sp³-hybridized carbons (Fsp3) is 0.0769. The molecule has 0 spiro atoms. The minimum Gasteiger partial charge on any atom is -0.488 e. The molecule has 0 aliphatic carbocycles. The predicted molar refractivity (Wildman–Crippen MR) is 133 cm³/mol. The fourth-order valence-electron chi connectivity index (χ4n) is 3.31. The second kappa shape index (κ2) is 10.5. The topological polar surface area (TPSA) is 103 Å². The second-order valence-corrected chi connectivity index (χ2v) is 7.88. The highest BCUT2D eigenvalue weighted by atomic mass is 35.5. The first-order chi connectivity index (χ1) is 16.5. The number of rotatable bonds is 7. The standard InChI is InChI=1S/C26H20ClN5O2/c1-17-6-5-7-18(12-17)16-34-23-11-10-21(27)13-20(23)15-29-32-26-30-24(19-8-3-2-4-9-19)22(14-28)25(33)31-26/h2-13,15H,16H2,1H3,(H2,30,31,32,33). The van der Waals surface area contributed by atoms with E-state index >= 15 is 0 Å². The molecule has 1 aromatic heterocycles. The highest BCUT2D eigenvalue weighted by molar-refractivity contribution is 6.30. The molecule has 0 saturated heterocycles. The minimum atomic E-state index is -0.556. The Morgan fingerprint density at radius 1 is 1.15 bits per heavy atom. The minimum absolute atomic E-state index is 0.0672. The van der Waals surface area contributed by atoms with Gasteiger partial charge in [0.15, 0.2) is 0 Å². The molecule has 168 valence electrons. The first-order valence-corrected chi connectivity index (χ1v) is 10.8. The molecule has 4 aromatic rings. The number of nitriles is 1. The van der Waals surface area contributed by atoms with Crippen LogP contribution in [0.3, 0.4) is 0 Å². The van der Waals surface area contributed by atoms with Gasteiger partial charge in [0, 0.05) is 16.1 Å². The summed E-state index contributed by atoms with van der Waals surface area (Å²) in [6, 6.07) is 24.2. The van der Waals surface area contributed by atoms with Crippen molar-refractivity contribution in [2.75, 3.05) is 5.43 Å². The predicted octanol–water partition coefficient (Wildman–Crippen LogP) is 5.30. The maximum Gasteiger partial charge on any atom is 0.270 e. The molecule has 8 heteroatoms. The van der Waals surface area contributed by atoms with Gasteiger partial charge in [0.25, 0.3) is 5.56 Å². The van der Waals surface area contributed by atoms with Crippen LogP contribution in [0.2, 0.25) is 5.02 Å². The summed E-state index contributed by atoms with van der Waals surface area (Å²) in [6.45, 7) is 2.42. The van der Waals surface area contributed by atoms with Crippen LogP contribution >= 0.6 is 11.6 Å². The number of hydrazone groups is 1. The van der Waals surface area contributed by atoms with Crippen LogP contribution in [-0.4, -0.2) is 16.2 Å². The number of ether oxygens (including phenoxy) is 1. The van der Waals surface area contributed by atoms with Gasteiger partial charge in [-0.3, -0.25) is 9.78 Å². The number of halogens is 1. The quantitative estimate of drug-likeness (QED) is 0.282. The van der Waals surface area contributed by atoms with Gasteiger partial charge in [-0.25, -0.2) is 10.4 Å². The molecule has 4 rings (SSSR count). The van der Waals surface area contributed by atoms with E-state index in [2.05, 4.69) is 26.6 Å². The van der Waals surface area contributed by atoms with Gasteiger partial charge in [0.05, 0.1) is 11.9 Å². The largest absolute Gasteiger partial charge is 0.488 e. The molecule has 0 fully saturated rings. The summed E-state index contributed by atoms with van der Waals surface area (Å²) in [5, 5.41) is 14.1. The zero-order valence-corrected chi connectivity index (χ0v) is 19.0. The summed E-state index contributed by atoms with van der Waals surface area (Å²) in [5.41, 5.74) is 5.86. The fourth-order valence-corrected chi connectivity index (χ4v) is 3.49. The number of anilines is 1. The molecule has 0 aliphatic heterocycles. The summed E-state index contributed by atoms with van der Waals surface area (Å²) in [6.07, 6.45) is 1.53. The number of aromatic nitrogens is 2. The number of nitrogens with one attached hydrogen (secondary N) is 2.